The minimum atomic E-state index is -3.56. The van der Waals surface area contributed by atoms with Crippen molar-refractivity contribution in [1.29, 1.82) is 0 Å². The molecule has 1 saturated heterocycles. The monoisotopic (exact) mass is 402 g/mol. The smallest absolute Gasteiger partial charge is 0.243 e. The number of piperidine rings is 1. The van der Waals surface area contributed by atoms with E-state index in [1.165, 1.54) is 4.31 Å². The van der Waals surface area contributed by atoms with Crippen LogP contribution >= 0.6 is 0 Å². The summed E-state index contributed by atoms with van der Waals surface area (Å²) >= 11 is 0. The van der Waals surface area contributed by atoms with Crippen LogP contribution < -0.4 is 10.1 Å². The van der Waals surface area contributed by atoms with Crippen LogP contribution in [0.15, 0.2) is 59.5 Å². The van der Waals surface area contributed by atoms with Gasteiger partial charge in [-0.15, -0.1) is 0 Å². The number of nitrogens with zero attached hydrogens (tertiary/aromatic N) is 1. The van der Waals surface area contributed by atoms with Gasteiger partial charge in [-0.3, -0.25) is 4.79 Å². The molecule has 0 bridgehead atoms. The number of carbonyl (C=O) groups is 1. The van der Waals surface area contributed by atoms with Crippen molar-refractivity contribution in [3.63, 3.8) is 0 Å². The molecular formula is C21H26N2O4S. The van der Waals surface area contributed by atoms with Gasteiger partial charge in [-0.25, -0.2) is 8.42 Å². The Bertz CT molecular complexity index is 900. The first-order valence-corrected chi connectivity index (χ1v) is 10.9. The molecule has 0 saturated carbocycles. The summed E-state index contributed by atoms with van der Waals surface area (Å²) in [5, 5.41) is 2.95. The second kappa shape index (κ2) is 9.21. The first kappa shape index (κ1) is 20.4. The summed E-state index contributed by atoms with van der Waals surface area (Å²) in [4.78, 5) is 12.9. The Kier molecular flexibility index (Phi) is 6.70. The number of amides is 1. The summed E-state index contributed by atoms with van der Waals surface area (Å²) in [5.74, 6) is 0.377. The molecule has 1 aliphatic heterocycles. The van der Waals surface area contributed by atoms with Crippen LogP contribution in [0.3, 0.4) is 0 Å². The van der Waals surface area contributed by atoms with Crippen molar-refractivity contribution >= 4 is 15.9 Å². The number of carbonyl (C=O) groups excluding carboxylic acids is 1. The molecule has 1 heterocycles. The van der Waals surface area contributed by atoms with Crippen LogP contribution in [-0.4, -0.2) is 45.4 Å². The number of para-hydroxylation sites is 1. The number of hydrogen-bond donors (Lipinski definition) is 1. The van der Waals surface area contributed by atoms with Gasteiger partial charge in [0.2, 0.25) is 15.9 Å². The maximum Gasteiger partial charge on any atom is 0.243 e. The van der Waals surface area contributed by atoms with E-state index in [0.29, 0.717) is 32.4 Å². The number of ether oxygens (including phenoxy) is 1. The molecule has 150 valence electrons. The van der Waals surface area contributed by atoms with E-state index in [4.69, 9.17) is 4.74 Å². The van der Waals surface area contributed by atoms with Gasteiger partial charge in [-0.05, 0) is 43.0 Å². The molecule has 3 rings (SSSR count). The Labute approximate surface area is 166 Å². The van der Waals surface area contributed by atoms with E-state index < -0.39 is 10.0 Å². The van der Waals surface area contributed by atoms with E-state index in [1.807, 2.05) is 24.3 Å². The highest BCUT2D eigenvalue weighted by molar-refractivity contribution is 7.89. The lowest BCUT2D eigenvalue weighted by molar-refractivity contribution is -0.126. The third-order valence-electron chi connectivity index (χ3n) is 5.02. The molecule has 1 unspecified atom stereocenters. The van der Waals surface area contributed by atoms with Gasteiger partial charge in [0, 0.05) is 19.6 Å². The van der Waals surface area contributed by atoms with Gasteiger partial charge in [0.15, 0.2) is 0 Å². The normalized spacial score (nSPS) is 17.8. The van der Waals surface area contributed by atoms with Gasteiger partial charge in [0.05, 0.1) is 17.9 Å². The molecular weight excluding hydrogens is 376 g/mol. The molecule has 0 radical (unpaired) electrons. The fourth-order valence-corrected chi connectivity index (χ4v) is 5.04. The van der Waals surface area contributed by atoms with Gasteiger partial charge in [-0.2, -0.15) is 4.31 Å². The Morgan fingerprint density at radius 2 is 1.86 bits per heavy atom. The number of benzene rings is 2. The summed E-state index contributed by atoms with van der Waals surface area (Å²) in [7, 11) is -1.94. The van der Waals surface area contributed by atoms with E-state index in [2.05, 4.69) is 5.32 Å². The van der Waals surface area contributed by atoms with Crippen molar-refractivity contribution in [2.45, 2.75) is 24.2 Å². The van der Waals surface area contributed by atoms with Crippen LogP contribution in [0.1, 0.15) is 18.4 Å². The Morgan fingerprint density at radius 1 is 1.14 bits per heavy atom. The van der Waals surface area contributed by atoms with Gasteiger partial charge >= 0.3 is 0 Å². The van der Waals surface area contributed by atoms with Gasteiger partial charge in [0.25, 0.3) is 0 Å². The summed E-state index contributed by atoms with van der Waals surface area (Å²) in [5.41, 5.74) is 1.03. The average Bonchev–Trinajstić information content (AvgIpc) is 2.74. The summed E-state index contributed by atoms with van der Waals surface area (Å²) in [6, 6.07) is 16.1. The van der Waals surface area contributed by atoms with Crippen LogP contribution in [0.5, 0.6) is 5.75 Å². The number of rotatable bonds is 7. The second-order valence-corrected chi connectivity index (χ2v) is 8.81. The van der Waals surface area contributed by atoms with E-state index in [0.717, 1.165) is 11.3 Å². The predicted octanol–water partition coefficient (Wildman–Crippen LogP) is 2.45. The van der Waals surface area contributed by atoms with Crippen molar-refractivity contribution in [3.8, 4) is 5.75 Å². The summed E-state index contributed by atoms with van der Waals surface area (Å²) < 4.78 is 32.4. The first-order valence-electron chi connectivity index (χ1n) is 9.47. The van der Waals surface area contributed by atoms with Crippen LogP contribution in [0, 0.1) is 5.92 Å². The predicted molar refractivity (Wildman–Crippen MR) is 108 cm³/mol. The molecule has 1 amide bonds. The fraction of sp³-hybridized carbons (Fsp3) is 0.381. The van der Waals surface area contributed by atoms with Crippen LogP contribution in [0.2, 0.25) is 0 Å². The minimum absolute atomic E-state index is 0.0946. The fourth-order valence-electron chi connectivity index (χ4n) is 3.49. The number of sulfonamides is 1. The van der Waals surface area contributed by atoms with E-state index in [9.17, 15) is 13.2 Å². The third kappa shape index (κ3) is 4.72. The van der Waals surface area contributed by atoms with Crippen molar-refractivity contribution in [1.82, 2.24) is 9.62 Å². The van der Waals surface area contributed by atoms with Gasteiger partial charge in [-0.1, -0.05) is 36.4 Å². The van der Waals surface area contributed by atoms with Gasteiger partial charge in [0.1, 0.15) is 5.75 Å². The summed E-state index contributed by atoms with van der Waals surface area (Å²) in [6.45, 7) is 1.15. The molecule has 1 fully saturated rings. The first-order chi connectivity index (χ1) is 13.5. The molecule has 6 nitrogen and oxygen atoms in total. The second-order valence-electron chi connectivity index (χ2n) is 6.87. The molecule has 1 N–H and O–H groups in total. The average molecular weight is 403 g/mol. The standard InChI is InChI=1S/C21H26N2O4S/c1-27-20-12-6-5-8-17(20)13-14-22-21(24)18-9-7-15-23(16-18)28(25,26)19-10-3-2-4-11-19/h2-6,8,10-12,18H,7,9,13-16H2,1H3,(H,22,24). The van der Waals surface area contributed by atoms with Gasteiger partial charge < -0.3 is 10.1 Å². The molecule has 2 aromatic rings. The Balaban J connectivity index is 1.57. The molecule has 0 spiro atoms. The quantitative estimate of drug-likeness (QED) is 0.772. The zero-order valence-electron chi connectivity index (χ0n) is 16.0. The highest BCUT2D eigenvalue weighted by Gasteiger charge is 2.33. The lowest BCUT2D eigenvalue weighted by Crippen LogP contribution is -2.45. The minimum Gasteiger partial charge on any atom is -0.496 e. The van der Waals surface area contributed by atoms with Crippen molar-refractivity contribution in [3.05, 3.63) is 60.2 Å². The molecule has 1 atom stereocenters. The molecule has 7 heteroatoms. The largest absolute Gasteiger partial charge is 0.496 e. The van der Waals surface area contributed by atoms with Crippen LogP contribution in [-0.2, 0) is 21.2 Å². The highest BCUT2D eigenvalue weighted by atomic mass is 32.2. The van der Waals surface area contributed by atoms with Crippen LogP contribution in [0.4, 0.5) is 0 Å². The molecule has 0 aromatic heterocycles. The topological polar surface area (TPSA) is 75.7 Å². The van der Waals surface area contributed by atoms with E-state index in [-0.39, 0.29) is 23.3 Å². The number of hydrogen-bond acceptors (Lipinski definition) is 4. The van der Waals surface area contributed by atoms with Crippen LogP contribution in [0.25, 0.3) is 0 Å². The zero-order valence-corrected chi connectivity index (χ0v) is 16.8. The lowest BCUT2D eigenvalue weighted by atomic mass is 9.98. The summed E-state index contributed by atoms with van der Waals surface area (Å²) in [6.07, 6.45) is 2.03. The van der Waals surface area contributed by atoms with E-state index in [1.54, 1.807) is 37.4 Å². The SMILES string of the molecule is COc1ccccc1CCNC(=O)C1CCCN(S(=O)(=O)c2ccccc2)C1. The zero-order chi connectivity index (χ0) is 20.0. The molecule has 28 heavy (non-hydrogen) atoms. The van der Waals surface area contributed by atoms with Crippen molar-refractivity contribution < 1.29 is 17.9 Å². The Morgan fingerprint density at radius 3 is 2.61 bits per heavy atom. The number of methoxy groups -OCH3 is 1. The van der Waals surface area contributed by atoms with E-state index >= 15 is 0 Å². The molecule has 2 aromatic carbocycles. The third-order valence-corrected chi connectivity index (χ3v) is 6.90. The van der Waals surface area contributed by atoms with Crippen molar-refractivity contribution in [2.75, 3.05) is 26.7 Å². The lowest BCUT2D eigenvalue weighted by Gasteiger charge is -2.31. The maximum absolute atomic E-state index is 12.8. The molecule has 0 aliphatic carbocycles. The highest BCUT2D eigenvalue weighted by Crippen LogP contribution is 2.24. The number of nitrogens with one attached hydrogen (secondary N) is 1. The van der Waals surface area contributed by atoms with Crippen molar-refractivity contribution in [2.24, 2.45) is 5.92 Å². The maximum atomic E-state index is 12.8. The molecule has 1 aliphatic rings. The Hall–Kier alpha value is -2.38.